The Morgan fingerprint density at radius 1 is 1.22 bits per heavy atom. The second-order valence-electron chi connectivity index (χ2n) is 6.12. The molecule has 0 unspecified atom stereocenters. The van der Waals surface area contributed by atoms with Crippen LogP contribution in [0.15, 0.2) is 35.2 Å². The fraction of sp³-hybridized carbons (Fsp3) is 0.562. The highest BCUT2D eigenvalue weighted by Gasteiger charge is 2.32. The Labute approximate surface area is 136 Å². The van der Waals surface area contributed by atoms with Crippen molar-refractivity contribution in [1.29, 1.82) is 0 Å². The lowest BCUT2D eigenvalue weighted by atomic mass is 10.0. The Morgan fingerprint density at radius 2 is 2.00 bits per heavy atom. The molecular formula is C16H22N2O4S. The Kier molecular flexibility index (Phi) is 4.99. The molecule has 1 N–H and O–H groups in total. The fourth-order valence-corrected chi connectivity index (χ4v) is 4.43. The molecule has 2 aliphatic rings. The van der Waals surface area contributed by atoms with E-state index in [1.165, 1.54) is 0 Å². The van der Waals surface area contributed by atoms with E-state index >= 15 is 0 Å². The van der Waals surface area contributed by atoms with Crippen LogP contribution in [0.5, 0.6) is 0 Å². The molecule has 6 nitrogen and oxygen atoms in total. The summed E-state index contributed by atoms with van der Waals surface area (Å²) in [5.74, 6) is 0.0191. The number of likely N-dealkylation sites (tertiary alicyclic amines) is 1. The first-order chi connectivity index (χ1) is 11.1. The normalized spacial score (nSPS) is 25.5. The van der Waals surface area contributed by atoms with Crippen LogP contribution in [0.3, 0.4) is 0 Å². The van der Waals surface area contributed by atoms with Crippen molar-refractivity contribution in [2.45, 2.75) is 30.2 Å². The maximum Gasteiger partial charge on any atom is 0.240 e. The van der Waals surface area contributed by atoms with Gasteiger partial charge in [-0.3, -0.25) is 4.79 Å². The lowest BCUT2D eigenvalue weighted by molar-refractivity contribution is -0.136. The van der Waals surface area contributed by atoms with Crippen molar-refractivity contribution in [2.24, 2.45) is 5.92 Å². The lowest BCUT2D eigenvalue weighted by Gasteiger charge is -2.34. The summed E-state index contributed by atoms with van der Waals surface area (Å²) in [5, 5.41) is 0. The molecule has 1 aromatic rings. The number of hydrogen-bond acceptors (Lipinski definition) is 4. The number of hydrogen-bond donors (Lipinski definition) is 1. The maximum absolute atomic E-state index is 12.5. The zero-order valence-electron chi connectivity index (χ0n) is 13.0. The van der Waals surface area contributed by atoms with E-state index in [4.69, 9.17) is 4.74 Å². The smallest absolute Gasteiger partial charge is 0.240 e. The van der Waals surface area contributed by atoms with Gasteiger partial charge in [-0.25, -0.2) is 13.1 Å². The molecule has 0 aliphatic carbocycles. The Hall–Kier alpha value is -1.44. The third-order valence-electron chi connectivity index (χ3n) is 4.39. The summed E-state index contributed by atoms with van der Waals surface area (Å²) in [4.78, 5) is 14.5. The van der Waals surface area contributed by atoms with Gasteiger partial charge in [0.05, 0.1) is 17.4 Å². The van der Waals surface area contributed by atoms with Gasteiger partial charge in [-0.2, -0.15) is 0 Å². The van der Waals surface area contributed by atoms with Crippen molar-refractivity contribution in [1.82, 2.24) is 9.62 Å². The molecule has 0 saturated carbocycles. The molecule has 3 rings (SSSR count). The van der Waals surface area contributed by atoms with Gasteiger partial charge in [-0.15, -0.1) is 0 Å². The van der Waals surface area contributed by atoms with Crippen LogP contribution in [0.4, 0.5) is 0 Å². The number of benzene rings is 1. The van der Waals surface area contributed by atoms with Gasteiger partial charge in [0.1, 0.15) is 0 Å². The van der Waals surface area contributed by atoms with Crippen molar-refractivity contribution >= 4 is 15.9 Å². The Balaban J connectivity index is 1.63. The van der Waals surface area contributed by atoms with E-state index in [9.17, 15) is 13.2 Å². The third-order valence-corrected chi connectivity index (χ3v) is 5.92. The topological polar surface area (TPSA) is 75.7 Å². The summed E-state index contributed by atoms with van der Waals surface area (Å²) in [5.41, 5.74) is 0. The van der Waals surface area contributed by atoms with Gasteiger partial charge < -0.3 is 9.64 Å². The van der Waals surface area contributed by atoms with Crippen LogP contribution in [0.1, 0.15) is 19.3 Å². The van der Waals surface area contributed by atoms with Crippen LogP contribution in [-0.2, 0) is 19.6 Å². The van der Waals surface area contributed by atoms with Gasteiger partial charge in [0.25, 0.3) is 0 Å². The van der Waals surface area contributed by atoms with Gasteiger partial charge in [0.15, 0.2) is 0 Å². The molecule has 2 saturated heterocycles. The van der Waals surface area contributed by atoms with Crippen LogP contribution in [0.25, 0.3) is 0 Å². The molecule has 1 aromatic carbocycles. The third kappa shape index (κ3) is 3.91. The van der Waals surface area contributed by atoms with Gasteiger partial charge >= 0.3 is 0 Å². The molecule has 1 amide bonds. The average molecular weight is 338 g/mol. The first kappa shape index (κ1) is 16.4. The van der Waals surface area contributed by atoms with Crippen molar-refractivity contribution in [3.8, 4) is 0 Å². The average Bonchev–Trinajstić information content (AvgIpc) is 3.09. The predicted molar refractivity (Wildman–Crippen MR) is 85.3 cm³/mol. The number of carbonyl (C=O) groups is 1. The van der Waals surface area contributed by atoms with E-state index in [0.717, 1.165) is 19.3 Å². The van der Waals surface area contributed by atoms with E-state index in [2.05, 4.69) is 4.72 Å². The van der Waals surface area contributed by atoms with Gasteiger partial charge in [-0.05, 0) is 31.4 Å². The molecular weight excluding hydrogens is 316 g/mol. The van der Waals surface area contributed by atoms with Crippen LogP contribution >= 0.6 is 0 Å². The number of piperidine rings is 1. The quantitative estimate of drug-likeness (QED) is 0.888. The number of nitrogens with one attached hydrogen (secondary N) is 1. The van der Waals surface area contributed by atoms with E-state index in [-0.39, 0.29) is 22.8 Å². The zero-order chi connectivity index (χ0) is 16.3. The molecule has 126 valence electrons. The van der Waals surface area contributed by atoms with E-state index in [1.807, 2.05) is 0 Å². The molecule has 2 heterocycles. The molecule has 0 radical (unpaired) electrons. The maximum atomic E-state index is 12.5. The zero-order valence-corrected chi connectivity index (χ0v) is 13.8. The second-order valence-corrected chi connectivity index (χ2v) is 7.83. The number of nitrogens with zero attached hydrogens (tertiary/aromatic N) is 1. The Bertz CT molecular complexity index is 641. The SMILES string of the molecule is O=C([C@H]1CCOC1)N1CCC[C@@H](NS(=O)(=O)c2ccccc2)C1. The standard InChI is InChI=1S/C16H22N2O4S/c19-16(13-8-10-22-12-13)18-9-4-5-14(11-18)17-23(20,21)15-6-2-1-3-7-15/h1-3,6-7,13-14,17H,4-5,8-12H2/t13-,14+/m0/s1. The largest absolute Gasteiger partial charge is 0.381 e. The summed E-state index contributed by atoms with van der Waals surface area (Å²) in [7, 11) is -3.54. The predicted octanol–water partition coefficient (Wildman–Crippen LogP) is 0.992. The minimum absolute atomic E-state index is 0.0699. The van der Waals surface area contributed by atoms with Gasteiger partial charge in [-0.1, -0.05) is 18.2 Å². The highest BCUT2D eigenvalue weighted by molar-refractivity contribution is 7.89. The number of rotatable bonds is 4. The van der Waals surface area contributed by atoms with Crippen molar-refractivity contribution in [3.63, 3.8) is 0 Å². The Morgan fingerprint density at radius 3 is 2.70 bits per heavy atom. The molecule has 0 aromatic heterocycles. The molecule has 0 spiro atoms. The van der Waals surface area contributed by atoms with Gasteiger partial charge in [0.2, 0.25) is 15.9 Å². The van der Waals surface area contributed by atoms with E-state index < -0.39 is 10.0 Å². The number of ether oxygens (including phenoxy) is 1. The van der Waals surface area contributed by atoms with Crippen LogP contribution < -0.4 is 4.72 Å². The van der Waals surface area contributed by atoms with Crippen LogP contribution in [0.2, 0.25) is 0 Å². The summed E-state index contributed by atoms with van der Waals surface area (Å²) in [6.07, 6.45) is 2.31. The minimum Gasteiger partial charge on any atom is -0.381 e. The molecule has 2 atom stereocenters. The first-order valence-corrected chi connectivity index (χ1v) is 9.48. The fourth-order valence-electron chi connectivity index (χ4n) is 3.15. The number of amides is 1. The van der Waals surface area contributed by atoms with E-state index in [0.29, 0.717) is 26.3 Å². The summed E-state index contributed by atoms with van der Waals surface area (Å²) in [6, 6.07) is 8.09. The monoisotopic (exact) mass is 338 g/mol. The van der Waals surface area contributed by atoms with E-state index in [1.54, 1.807) is 35.2 Å². The summed E-state index contributed by atoms with van der Waals surface area (Å²) >= 11 is 0. The van der Waals surface area contributed by atoms with Crippen molar-refractivity contribution in [3.05, 3.63) is 30.3 Å². The summed E-state index contributed by atoms with van der Waals surface area (Å²) in [6.45, 7) is 2.24. The number of sulfonamides is 1. The molecule has 2 aliphatic heterocycles. The highest BCUT2D eigenvalue weighted by atomic mass is 32.2. The number of carbonyl (C=O) groups excluding carboxylic acids is 1. The van der Waals surface area contributed by atoms with Crippen LogP contribution in [-0.4, -0.2) is 51.6 Å². The van der Waals surface area contributed by atoms with Crippen molar-refractivity contribution in [2.75, 3.05) is 26.3 Å². The molecule has 23 heavy (non-hydrogen) atoms. The first-order valence-electron chi connectivity index (χ1n) is 8.00. The van der Waals surface area contributed by atoms with Crippen molar-refractivity contribution < 1.29 is 17.9 Å². The van der Waals surface area contributed by atoms with Crippen LogP contribution in [0, 0.1) is 5.92 Å². The molecule has 7 heteroatoms. The lowest BCUT2D eigenvalue weighted by Crippen LogP contribution is -2.51. The minimum atomic E-state index is -3.54. The highest BCUT2D eigenvalue weighted by Crippen LogP contribution is 2.20. The summed E-state index contributed by atoms with van der Waals surface area (Å²) < 4.78 is 32.8. The van der Waals surface area contributed by atoms with Gasteiger partial charge in [0, 0.05) is 25.7 Å². The second kappa shape index (κ2) is 6.98. The molecule has 2 fully saturated rings. The molecule has 0 bridgehead atoms.